The maximum atomic E-state index is 4.70. The van der Waals surface area contributed by atoms with Gasteiger partial charge in [-0.15, -0.1) is 0 Å². The Bertz CT molecular complexity index is 1500. The molecule has 0 spiro atoms. The Morgan fingerprint density at radius 3 is 0.977 bits per heavy atom. The molecule has 8 heteroatoms. The van der Waals surface area contributed by atoms with Gasteiger partial charge in [-0.25, -0.2) is 0 Å². The summed E-state index contributed by atoms with van der Waals surface area (Å²) in [5.41, 5.74) is 8.09. The summed E-state index contributed by atoms with van der Waals surface area (Å²) in [7, 11) is 0. The zero-order valence-corrected chi connectivity index (χ0v) is 24.5. The van der Waals surface area contributed by atoms with E-state index in [9.17, 15) is 0 Å². The summed E-state index contributed by atoms with van der Waals surface area (Å²) in [5, 5.41) is 0. The van der Waals surface area contributed by atoms with Gasteiger partial charge in [0.2, 0.25) is 0 Å². The molecule has 8 nitrogen and oxygen atoms in total. The highest BCUT2D eigenvalue weighted by molar-refractivity contribution is 5.55. The van der Waals surface area contributed by atoms with E-state index >= 15 is 0 Å². The molecular formula is C36H34N8. The van der Waals surface area contributed by atoms with Crippen LogP contribution in [-0.4, -0.2) is 39.7 Å². The fraction of sp³-hybridized carbons (Fsp3) is 0.167. The third kappa shape index (κ3) is 8.44. The van der Waals surface area contributed by atoms with E-state index in [0.717, 1.165) is 58.4 Å². The normalized spacial score (nSPS) is 11.2. The largest absolute Gasteiger partial charge is 0.287 e. The molecule has 0 aliphatic carbocycles. The first-order valence-corrected chi connectivity index (χ1v) is 14.7. The standard InChI is InChI=1S/C36H34N8/c1-5-15-37-31(9-1)25-43(26-32-10-2-6-16-38-32)23-29-13-19-41-35(21-29)36-22-30(14-20-42-36)24-44(27-33-11-3-7-17-39-33)28-34-12-4-8-18-40-34/h1-22H,23-28H2. The minimum atomic E-state index is 0.713. The molecule has 0 radical (unpaired) electrons. The molecule has 218 valence electrons. The van der Waals surface area contributed by atoms with Crippen molar-refractivity contribution in [3.8, 4) is 11.4 Å². The molecule has 0 aliphatic heterocycles. The lowest BCUT2D eigenvalue weighted by atomic mass is 10.1. The summed E-state index contributed by atoms with van der Waals surface area (Å²) in [5.74, 6) is 0. The Labute approximate surface area is 258 Å². The Morgan fingerprint density at radius 1 is 0.341 bits per heavy atom. The summed E-state index contributed by atoms with van der Waals surface area (Å²) in [6.45, 7) is 4.31. The smallest absolute Gasteiger partial charge is 0.0889 e. The predicted molar refractivity (Wildman–Crippen MR) is 170 cm³/mol. The Kier molecular flexibility index (Phi) is 9.74. The second-order valence-corrected chi connectivity index (χ2v) is 10.7. The average molecular weight is 579 g/mol. The maximum absolute atomic E-state index is 4.70. The molecule has 0 saturated carbocycles. The van der Waals surface area contributed by atoms with Gasteiger partial charge in [0, 0.05) is 76.4 Å². The van der Waals surface area contributed by atoms with Crippen molar-refractivity contribution in [2.24, 2.45) is 0 Å². The van der Waals surface area contributed by atoms with Gasteiger partial charge in [0.15, 0.2) is 0 Å². The van der Waals surface area contributed by atoms with Gasteiger partial charge in [0.05, 0.1) is 34.2 Å². The lowest BCUT2D eigenvalue weighted by Gasteiger charge is -2.22. The zero-order valence-electron chi connectivity index (χ0n) is 24.5. The number of rotatable bonds is 13. The number of hydrogen-bond donors (Lipinski definition) is 0. The van der Waals surface area contributed by atoms with Crippen molar-refractivity contribution < 1.29 is 0 Å². The van der Waals surface area contributed by atoms with Gasteiger partial charge < -0.3 is 0 Å². The van der Waals surface area contributed by atoms with E-state index in [2.05, 4.69) is 78.3 Å². The van der Waals surface area contributed by atoms with E-state index in [1.165, 1.54) is 0 Å². The van der Waals surface area contributed by atoms with Crippen LogP contribution in [0.15, 0.2) is 134 Å². The second kappa shape index (κ2) is 14.8. The van der Waals surface area contributed by atoms with Crippen LogP contribution in [0.5, 0.6) is 0 Å². The van der Waals surface area contributed by atoms with Crippen molar-refractivity contribution in [1.82, 2.24) is 39.7 Å². The van der Waals surface area contributed by atoms with Crippen molar-refractivity contribution in [1.29, 1.82) is 0 Å². The van der Waals surface area contributed by atoms with Crippen LogP contribution in [0.25, 0.3) is 11.4 Å². The molecular weight excluding hydrogens is 544 g/mol. The van der Waals surface area contributed by atoms with Gasteiger partial charge in [0.1, 0.15) is 0 Å². The molecule has 6 rings (SSSR count). The van der Waals surface area contributed by atoms with Crippen LogP contribution in [0.1, 0.15) is 33.9 Å². The van der Waals surface area contributed by atoms with Crippen LogP contribution < -0.4 is 0 Å². The topological polar surface area (TPSA) is 83.8 Å². The summed E-state index contributed by atoms with van der Waals surface area (Å²) in [6, 6.07) is 32.5. The molecule has 0 unspecified atom stereocenters. The van der Waals surface area contributed by atoms with Crippen molar-refractivity contribution in [3.05, 3.63) is 168 Å². The van der Waals surface area contributed by atoms with Gasteiger partial charge in [-0.3, -0.25) is 39.7 Å². The summed E-state index contributed by atoms with van der Waals surface area (Å²) >= 11 is 0. The molecule has 6 heterocycles. The highest BCUT2D eigenvalue weighted by Gasteiger charge is 2.14. The Balaban J connectivity index is 1.20. The van der Waals surface area contributed by atoms with E-state index < -0.39 is 0 Å². The van der Waals surface area contributed by atoms with E-state index in [4.69, 9.17) is 9.97 Å². The zero-order chi connectivity index (χ0) is 29.8. The van der Waals surface area contributed by atoms with E-state index in [0.29, 0.717) is 26.2 Å². The monoisotopic (exact) mass is 578 g/mol. The fourth-order valence-corrected chi connectivity index (χ4v) is 5.16. The number of pyridine rings is 6. The van der Waals surface area contributed by atoms with Gasteiger partial charge >= 0.3 is 0 Å². The third-order valence-corrected chi connectivity index (χ3v) is 7.17. The van der Waals surface area contributed by atoms with Crippen LogP contribution in [0.2, 0.25) is 0 Å². The van der Waals surface area contributed by atoms with Crippen molar-refractivity contribution in [2.75, 3.05) is 0 Å². The second-order valence-electron chi connectivity index (χ2n) is 10.7. The van der Waals surface area contributed by atoms with Crippen LogP contribution in [0, 0.1) is 0 Å². The van der Waals surface area contributed by atoms with Crippen LogP contribution in [-0.2, 0) is 39.3 Å². The molecule has 0 amide bonds. The molecule has 6 aromatic rings. The maximum Gasteiger partial charge on any atom is 0.0889 e. The molecule has 0 aromatic carbocycles. The fourth-order valence-electron chi connectivity index (χ4n) is 5.16. The van der Waals surface area contributed by atoms with E-state index in [1.807, 2.05) is 85.7 Å². The van der Waals surface area contributed by atoms with Crippen molar-refractivity contribution >= 4 is 0 Å². The molecule has 6 aromatic heterocycles. The lowest BCUT2D eigenvalue weighted by molar-refractivity contribution is 0.241. The summed E-state index contributed by atoms with van der Waals surface area (Å²) in [6.07, 6.45) is 11.1. The van der Waals surface area contributed by atoms with Crippen LogP contribution >= 0.6 is 0 Å². The Morgan fingerprint density at radius 2 is 0.682 bits per heavy atom. The third-order valence-electron chi connectivity index (χ3n) is 7.17. The van der Waals surface area contributed by atoms with Gasteiger partial charge in [-0.05, 0) is 83.9 Å². The van der Waals surface area contributed by atoms with Crippen molar-refractivity contribution in [2.45, 2.75) is 39.3 Å². The SMILES string of the molecule is c1ccc(CN(Cc2ccnc(-c3cc(CN(Cc4ccccn4)Cc4ccccn4)ccn3)c2)Cc2ccccn2)nc1. The summed E-state index contributed by atoms with van der Waals surface area (Å²) in [4.78, 5) is 32.3. The summed E-state index contributed by atoms with van der Waals surface area (Å²) < 4.78 is 0. The first kappa shape index (κ1) is 28.9. The van der Waals surface area contributed by atoms with Crippen LogP contribution in [0.4, 0.5) is 0 Å². The Hall–Kier alpha value is -5.18. The highest BCUT2D eigenvalue weighted by atomic mass is 15.1. The number of aromatic nitrogens is 6. The average Bonchev–Trinajstić information content (AvgIpc) is 3.07. The molecule has 0 aliphatic rings. The predicted octanol–water partition coefficient (Wildman–Crippen LogP) is 6.13. The lowest BCUT2D eigenvalue weighted by Crippen LogP contribution is -2.23. The molecule has 44 heavy (non-hydrogen) atoms. The minimum Gasteiger partial charge on any atom is -0.287 e. The number of hydrogen-bond acceptors (Lipinski definition) is 8. The number of nitrogens with zero attached hydrogens (tertiary/aromatic N) is 8. The molecule has 0 atom stereocenters. The van der Waals surface area contributed by atoms with Crippen molar-refractivity contribution in [3.63, 3.8) is 0 Å². The minimum absolute atomic E-state index is 0.713. The van der Waals surface area contributed by atoms with E-state index in [-0.39, 0.29) is 0 Å². The molecule has 0 N–H and O–H groups in total. The van der Waals surface area contributed by atoms with Gasteiger partial charge in [-0.2, -0.15) is 0 Å². The molecule has 0 fully saturated rings. The van der Waals surface area contributed by atoms with Gasteiger partial charge in [0.25, 0.3) is 0 Å². The molecule has 0 bridgehead atoms. The van der Waals surface area contributed by atoms with E-state index in [1.54, 1.807) is 0 Å². The first-order chi connectivity index (χ1) is 21.8. The molecule has 0 saturated heterocycles. The van der Waals surface area contributed by atoms with Crippen LogP contribution in [0.3, 0.4) is 0 Å². The quantitative estimate of drug-likeness (QED) is 0.162. The van der Waals surface area contributed by atoms with Gasteiger partial charge in [-0.1, -0.05) is 24.3 Å². The highest BCUT2D eigenvalue weighted by Crippen LogP contribution is 2.21. The first-order valence-electron chi connectivity index (χ1n) is 14.7.